The van der Waals surface area contributed by atoms with Gasteiger partial charge < -0.3 is 4.98 Å². The normalized spacial score (nSPS) is 13.3. The molecule has 2 nitrogen and oxygen atoms in total. The molecule has 2 unspecified atom stereocenters. The van der Waals surface area contributed by atoms with Gasteiger partial charge in [-0.3, -0.25) is 5.32 Å². The molecule has 0 bridgehead atoms. The summed E-state index contributed by atoms with van der Waals surface area (Å²) in [4.78, 5) is 3.39. The van der Waals surface area contributed by atoms with Crippen LogP contribution in [0.2, 0.25) is 0 Å². The van der Waals surface area contributed by atoms with Crippen LogP contribution in [0.3, 0.4) is 0 Å². The second-order valence-electron chi connectivity index (χ2n) is 7.60. The number of nitrogens with one attached hydrogen (secondary N) is 2. The first-order valence-corrected chi connectivity index (χ1v) is 10.3. The number of aryl methyl sites for hydroxylation is 1. The molecule has 2 N–H and O–H groups in total. The van der Waals surface area contributed by atoms with Crippen LogP contribution in [0.5, 0.6) is 0 Å². The molecule has 0 aliphatic carbocycles. The van der Waals surface area contributed by atoms with Crippen molar-refractivity contribution in [3.63, 3.8) is 0 Å². The number of aromatic nitrogens is 1. The Balaban J connectivity index is 1.74. The van der Waals surface area contributed by atoms with Crippen molar-refractivity contribution in [2.24, 2.45) is 0 Å². The van der Waals surface area contributed by atoms with Crippen molar-refractivity contribution in [2.45, 2.75) is 32.4 Å². The van der Waals surface area contributed by atoms with Crippen LogP contribution in [0.25, 0.3) is 16.5 Å². The number of fused-ring (bicyclic) bond motifs is 1. The maximum absolute atomic E-state index is 4.54. The molecule has 0 fully saturated rings. The first-order chi connectivity index (χ1) is 14.2. The van der Waals surface area contributed by atoms with Crippen LogP contribution in [0.15, 0.2) is 91.6 Å². The molecule has 146 valence electrons. The fourth-order valence-corrected chi connectivity index (χ4v) is 4.14. The summed E-state index contributed by atoms with van der Waals surface area (Å²) < 4.78 is 0. The first kappa shape index (κ1) is 19.2. The van der Waals surface area contributed by atoms with E-state index >= 15 is 0 Å². The third kappa shape index (κ3) is 3.90. The summed E-state index contributed by atoms with van der Waals surface area (Å²) in [6.07, 6.45) is 3.09. The van der Waals surface area contributed by atoms with Gasteiger partial charge in [-0.15, -0.1) is 0 Å². The molecule has 0 saturated heterocycles. The van der Waals surface area contributed by atoms with E-state index in [0.29, 0.717) is 0 Å². The standard InChI is InChI=1S/C27H28N2/c1-4-25(22-15-9-8-12-19(22)2)29-27(21-13-6-5-7-14-21)20(3)24-18-28-26-17-11-10-16-23(24)26/h5-18,25,27-29H,3-4H2,1-2H3. The maximum Gasteiger partial charge on any atom is 0.0582 e. The monoisotopic (exact) mass is 380 g/mol. The minimum absolute atomic E-state index is 0.0277. The van der Waals surface area contributed by atoms with E-state index in [2.05, 4.69) is 116 Å². The highest BCUT2D eigenvalue weighted by Crippen LogP contribution is 2.35. The molecule has 29 heavy (non-hydrogen) atoms. The van der Waals surface area contributed by atoms with Gasteiger partial charge in [0.15, 0.2) is 0 Å². The Labute approximate surface area is 173 Å². The molecule has 4 aromatic rings. The van der Waals surface area contributed by atoms with Gasteiger partial charge >= 0.3 is 0 Å². The number of hydrogen-bond donors (Lipinski definition) is 2. The van der Waals surface area contributed by atoms with Crippen molar-refractivity contribution < 1.29 is 0 Å². The first-order valence-electron chi connectivity index (χ1n) is 10.3. The maximum atomic E-state index is 4.54. The Morgan fingerprint density at radius 1 is 0.931 bits per heavy atom. The molecule has 2 heteroatoms. The second kappa shape index (κ2) is 8.50. The zero-order chi connectivity index (χ0) is 20.2. The van der Waals surface area contributed by atoms with E-state index in [0.717, 1.165) is 17.5 Å². The fourth-order valence-electron chi connectivity index (χ4n) is 4.14. The smallest absolute Gasteiger partial charge is 0.0582 e. The summed E-state index contributed by atoms with van der Waals surface area (Å²) in [5.74, 6) is 0. The number of benzene rings is 3. The van der Waals surface area contributed by atoms with Crippen LogP contribution >= 0.6 is 0 Å². The highest BCUT2D eigenvalue weighted by Gasteiger charge is 2.23. The molecule has 0 amide bonds. The van der Waals surface area contributed by atoms with Gasteiger partial charge in [0, 0.05) is 28.7 Å². The van der Waals surface area contributed by atoms with Crippen LogP contribution in [0, 0.1) is 6.92 Å². The van der Waals surface area contributed by atoms with Crippen LogP contribution in [-0.2, 0) is 0 Å². The van der Waals surface area contributed by atoms with Gasteiger partial charge in [-0.1, -0.05) is 86.3 Å². The van der Waals surface area contributed by atoms with Gasteiger partial charge in [0.25, 0.3) is 0 Å². The Hall–Kier alpha value is -3.10. The molecule has 0 spiro atoms. The van der Waals surface area contributed by atoms with Crippen molar-refractivity contribution in [1.82, 2.24) is 10.3 Å². The summed E-state index contributed by atoms with van der Waals surface area (Å²) >= 11 is 0. The van der Waals surface area contributed by atoms with Gasteiger partial charge in [0.1, 0.15) is 0 Å². The summed E-state index contributed by atoms with van der Waals surface area (Å²) in [6.45, 7) is 8.97. The highest BCUT2D eigenvalue weighted by atomic mass is 15.0. The van der Waals surface area contributed by atoms with Crippen LogP contribution < -0.4 is 5.32 Å². The summed E-state index contributed by atoms with van der Waals surface area (Å²) in [6, 6.07) is 28.0. The summed E-state index contributed by atoms with van der Waals surface area (Å²) in [7, 11) is 0. The quantitative estimate of drug-likeness (QED) is 0.356. The van der Waals surface area contributed by atoms with Gasteiger partial charge in [-0.05, 0) is 41.7 Å². The molecule has 0 saturated carbocycles. The lowest BCUT2D eigenvalue weighted by molar-refractivity contribution is 0.487. The van der Waals surface area contributed by atoms with Crippen molar-refractivity contribution in [3.05, 3.63) is 114 Å². The molecule has 3 aromatic carbocycles. The van der Waals surface area contributed by atoms with Crippen molar-refractivity contribution in [1.29, 1.82) is 0 Å². The minimum atomic E-state index is 0.0277. The van der Waals surface area contributed by atoms with Gasteiger partial charge in [-0.2, -0.15) is 0 Å². The average molecular weight is 381 g/mol. The molecular formula is C27H28N2. The molecule has 0 radical (unpaired) electrons. The highest BCUT2D eigenvalue weighted by molar-refractivity contribution is 5.93. The zero-order valence-corrected chi connectivity index (χ0v) is 17.2. The molecule has 4 rings (SSSR count). The lowest BCUT2D eigenvalue weighted by atomic mass is 9.91. The predicted octanol–water partition coefficient (Wildman–Crippen LogP) is 6.97. The number of aromatic amines is 1. The van der Waals surface area contributed by atoms with Crippen molar-refractivity contribution >= 4 is 16.5 Å². The third-order valence-electron chi connectivity index (χ3n) is 5.76. The van der Waals surface area contributed by atoms with E-state index in [1.807, 2.05) is 0 Å². The van der Waals surface area contributed by atoms with E-state index < -0.39 is 0 Å². The van der Waals surface area contributed by atoms with Crippen LogP contribution in [0.4, 0.5) is 0 Å². The van der Waals surface area contributed by atoms with E-state index in [9.17, 15) is 0 Å². The Morgan fingerprint density at radius 2 is 1.62 bits per heavy atom. The topological polar surface area (TPSA) is 27.8 Å². The number of para-hydroxylation sites is 1. The van der Waals surface area contributed by atoms with Gasteiger partial charge in [0.2, 0.25) is 0 Å². The predicted molar refractivity (Wildman–Crippen MR) is 124 cm³/mol. The largest absolute Gasteiger partial charge is 0.361 e. The Bertz CT molecular complexity index is 1110. The second-order valence-corrected chi connectivity index (χ2v) is 7.60. The Morgan fingerprint density at radius 3 is 2.38 bits per heavy atom. The minimum Gasteiger partial charge on any atom is -0.361 e. The SMILES string of the molecule is C=C(c1c[nH]c2ccccc12)C(NC(CC)c1ccccc1C)c1ccccc1. The lowest BCUT2D eigenvalue weighted by Gasteiger charge is -2.28. The summed E-state index contributed by atoms with van der Waals surface area (Å²) in [5, 5.41) is 5.13. The average Bonchev–Trinajstić information content (AvgIpc) is 3.20. The van der Waals surface area contributed by atoms with E-state index in [-0.39, 0.29) is 12.1 Å². The van der Waals surface area contributed by atoms with E-state index in [1.54, 1.807) is 0 Å². The number of H-pyrrole nitrogens is 1. The third-order valence-corrected chi connectivity index (χ3v) is 5.76. The molecule has 1 heterocycles. The molecule has 0 aliphatic heterocycles. The van der Waals surface area contributed by atoms with Crippen molar-refractivity contribution in [2.75, 3.05) is 0 Å². The van der Waals surface area contributed by atoms with Crippen LogP contribution in [-0.4, -0.2) is 4.98 Å². The molecule has 1 aromatic heterocycles. The van der Waals surface area contributed by atoms with E-state index in [4.69, 9.17) is 0 Å². The number of rotatable bonds is 7. The Kier molecular flexibility index (Phi) is 5.64. The molecule has 0 aliphatic rings. The fraction of sp³-hybridized carbons (Fsp3) is 0.185. The van der Waals surface area contributed by atoms with Crippen LogP contribution in [0.1, 0.15) is 47.7 Å². The number of hydrogen-bond acceptors (Lipinski definition) is 1. The molecular weight excluding hydrogens is 352 g/mol. The van der Waals surface area contributed by atoms with Gasteiger partial charge in [0.05, 0.1) is 6.04 Å². The molecule has 2 atom stereocenters. The zero-order valence-electron chi connectivity index (χ0n) is 17.2. The lowest BCUT2D eigenvalue weighted by Crippen LogP contribution is -2.27. The van der Waals surface area contributed by atoms with Crippen molar-refractivity contribution in [3.8, 4) is 0 Å². The van der Waals surface area contributed by atoms with E-state index in [1.165, 1.54) is 27.6 Å². The van der Waals surface area contributed by atoms with Gasteiger partial charge in [-0.25, -0.2) is 0 Å². The summed E-state index contributed by atoms with van der Waals surface area (Å²) in [5.41, 5.74) is 7.29.